The van der Waals surface area contributed by atoms with Crippen molar-refractivity contribution in [3.05, 3.63) is 111 Å². The molecule has 0 aliphatic carbocycles. The molecule has 2 aromatic heterocycles. The van der Waals surface area contributed by atoms with Crippen LogP contribution in [-0.4, -0.2) is 47.3 Å². The fraction of sp³-hybridized carbons (Fsp3) is 0.182. The fourth-order valence-electron chi connectivity index (χ4n) is 5.44. The number of halogens is 4. The van der Waals surface area contributed by atoms with Crippen LogP contribution in [0, 0.1) is 11.6 Å². The Morgan fingerprint density at radius 2 is 1.83 bits per heavy atom. The van der Waals surface area contributed by atoms with Crippen LogP contribution in [0.4, 0.5) is 8.78 Å². The number of nitrogens with two attached hydrogens (primary N) is 1. The SMILES string of the molecule is COc1cc(C(=O)NC[C@@H](c2ccccc2)c2cc3c(c(-c4cc(Cl)c(F)cc4F)n2)OC[C@]3(C)C(N)=O)cc2cc(Cl)nnc12. The number of primary amides is 1. The van der Waals surface area contributed by atoms with Crippen molar-refractivity contribution in [1.29, 1.82) is 0 Å². The first-order chi connectivity index (χ1) is 22.0. The van der Waals surface area contributed by atoms with E-state index in [0.717, 1.165) is 11.6 Å². The second-order valence-corrected chi connectivity index (χ2v) is 11.8. The third kappa shape index (κ3) is 5.56. The number of aromatic nitrogens is 3. The number of pyridine rings is 1. The number of hydrogen-bond acceptors (Lipinski definition) is 7. The van der Waals surface area contributed by atoms with E-state index in [1.165, 1.54) is 7.11 Å². The van der Waals surface area contributed by atoms with Crippen molar-refractivity contribution in [2.45, 2.75) is 18.3 Å². The number of nitrogens with one attached hydrogen (secondary N) is 1. The molecule has 0 bridgehead atoms. The highest BCUT2D eigenvalue weighted by molar-refractivity contribution is 6.31. The van der Waals surface area contributed by atoms with Gasteiger partial charge in [0.1, 0.15) is 46.4 Å². The largest absolute Gasteiger partial charge is 0.494 e. The molecule has 2 amide bonds. The quantitative estimate of drug-likeness (QED) is 0.195. The zero-order valence-electron chi connectivity index (χ0n) is 24.4. The molecule has 46 heavy (non-hydrogen) atoms. The van der Waals surface area contributed by atoms with Crippen LogP contribution < -0.4 is 20.5 Å². The van der Waals surface area contributed by atoms with E-state index in [0.29, 0.717) is 34.0 Å². The number of carbonyl (C=O) groups excluding carboxylic acids is 2. The normalized spacial score (nSPS) is 16.0. The first-order valence-corrected chi connectivity index (χ1v) is 14.7. The Morgan fingerprint density at radius 1 is 1.07 bits per heavy atom. The van der Waals surface area contributed by atoms with Crippen molar-refractivity contribution < 1.29 is 27.8 Å². The van der Waals surface area contributed by atoms with E-state index in [9.17, 15) is 14.0 Å². The molecule has 9 nitrogen and oxygen atoms in total. The van der Waals surface area contributed by atoms with Crippen LogP contribution in [0.25, 0.3) is 22.2 Å². The van der Waals surface area contributed by atoms with Crippen molar-refractivity contribution in [2.75, 3.05) is 20.3 Å². The number of carbonyl (C=O) groups is 2. The minimum absolute atomic E-state index is 0.0152. The number of rotatable bonds is 8. The highest BCUT2D eigenvalue weighted by atomic mass is 35.5. The minimum Gasteiger partial charge on any atom is -0.494 e. The zero-order valence-corrected chi connectivity index (χ0v) is 25.9. The molecule has 5 aromatic rings. The zero-order chi connectivity index (χ0) is 32.7. The van der Waals surface area contributed by atoms with Crippen LogP contribution >= 0.6 is 23.2 Å². The van der Waals surface area contributed by atoms with E-state index in [1.54, 1.807) is 31.2 Å². The van der Waals surface area contributed by atoms with Gasteiger partial charge in [-0.2, -0.15) is 0 Å². The summed E-state index contributed by atoms with van der Waals surface area (Å²) in [6.07, 6.45) is 0. The van der Waals surface area contributed by atoms with Crippen LogP contribution in [0.5, 0.6) is 11.5 Å². The molecule has 3 aromatic carbocycles. The Morgan fingerprint density at radius 3 is 2.54 bits per heavy atom. The van der Waals surface area contributed by atoms with E-state index in [-0.39, 0.29) is 45.9 Å². The molecule has 0 saturated carbocycles. The van der Waals surface area contributed by atoms with Crippen LogP contribution in [0.2, 0.25) is 10.2 Å². The lowest BCUT2D eigenvalue weighted by atomic mass is 9.81. The van der Waals surface area contributed by atoms with Gasteiger partial charge in [-0.25, -0.2) is 13.8 Å². The summed E-state index contributed by atoms with van der Waals surface area (Å²) in [5.41, 5.74) is 6.65. The summed E-state index contributed by atoms with van der Waals surface area (Å²) in [4.78, 5) is 31.0. The van der Waals surface area contributed by atoms with Gasteiger partial charge in [0.25, 0.3) is 5.91 Å². The van der Waals surface area contributed by atoms with Gasteiger partial charge in [0.05, 0.1) is 17.8 Å². The highest BCUT2D eigenvalue weighted by Crippen LogP contribution is 2.46. The Balaban J connectivity index is 1.46. The fourth-order valence-corrected chi connectivity index (χ4v) is 5.75. The molecule has 1 aliphatic heterocycles. The van der Waals surface area contributed by atoms with Crippen molar-refractivity contribution in [3.63, 3.8) is 0 Å². The molecular weight excluding hydrogens is 639 g/mol. The molecule has 6 rings (SSSR count). The van der Waals surface area contributed by atoms with Crippen LogP contribution in [0.15, 0.2) is 66.7 Å². The number of methoxy groups -OCH3 is 1. The van der Waals surface area contributed by atoms with E-state index in [1.807, 2.05) is 30.3 Å². The lowest BCUT2D eigenvalue weighted by Crippen LogP contribution is -2.40. The van der Waals surface area contributed by atoms with Gasteiger partial charge in [-0.3, -0.25) is 9.59 Å². The second-order valence-electron chi connectivity index (χ2n) is 11.0. The molecule has 13 heteroatoms. The van der Waals surface area contributed by atoms with E-state index in [2.05, 4.69) is 15.5 Å². The maximum absolute atomic E-state index is 15.3. The van der Waals surface area contributed by atoms with Gasteiger partial charge in [0.2, 0.25) is 5.91 Å². The third-order valence-electron chi connectivity index (χ3n) is 8.03. The Hall–Kier alpha value is -4.87. The monoisotopic (exact) mass is 663 g/mol. The van der Waals surface area contributed by atoms with Crippen molar-refractivity contribution >= 4 is 45.9 Å². The van der Waals surface area contributed by atoms with Gasteiger partial charge < -0.3 is 20.5 Å². The van der Waals surface area contributed by atoms with E-state index >= 15 is 4.39 Å². The van der Waals surface area contributed by atoms with Crippen LogP contribution in [0.3, 0.4) is 0 Å². The number of ether oxygens (including phenoxy) is 2. The molecule has 0 saturated heterocycles. The van der Waals surface area contributed by atoms with Crippen LogP contribution in [-0.2, 0) is 10.2 Å². The molecule has 2 atom stereocenters. The Kier molecular flexibility index (Phi) is 8.22. The lowest BCUT2D eigenvalue weighted by molar-refractivity contribution is -0.123. The minimum atomic E-state index is -1.28. The summed E-state index contributed by atoms with van der Waals surface area (Å²) < 4.78 is 40.7. The predicted octanol–water partition coefficient (Wildman–Crippen LogP) is 5.98. The predicted molar refractivity (Wildman–Crippen MR) is 168 cm³/mol. The number of hydrogen-bond donors (Lipinski definition) is 2. The summed E-state index contributed by atoms with van der Waals surface area (Å²) in [6.45, 7) is 1.54. The van der Waals surface area contributed by atoms with Gasteiger partial charge in [0.15, 0.2) is 5.15 Å². The van der Waals surface area contributed by atoms with Crippen LogP contribution in [0.1, 0.15) is 40.0 Å². The average Bonchev–Trinajstić information content (AvgIpc) is 3.40. The van der Waals surface area contributed by atoms with Gasteiger partial charge in [0, 0.05) is 40.6 Å². The first kappa shape index (κ1) is 31.1. The summed E-state index contributed by atoms with van der Waals surface area (Å²) in [5.74, 6) is -3.10. The molecule has 0 radical (unpaired) electrons. The maximum Gasteiger partial charge on any atom is 0.251 e. The Labute approximate surface area is 271 Å². The molecule has 234 valence electrons. The lowest BCUT2D eigenvalue weighted by Gasteiger charge is -2.23. The summed E-state index contributed by atoms with van der Waals surface area (Å²) in [7, 11) is 1.45. The molecule has 1 aliphatic rings. The molecule has 0 fully saturated rings. The summed E-state index contributed by atoms with van der Waals surface area (Å²) in [5, 5.41) is 11.3. The maximum atomic E-state index is 15.3. The molecule has 3 N–H and O–H groups in total. The first-order valence-electron chi connectivity index (χ1n) is 14.0. The number of fused-ring (bicyclic) bond motifs is 2. The third-order valence-corrected chi connectivity index (χ3v) is 8.51. The van der Waals surface area contributed by atoms with Gasteiger partial charge in [-0.1, -0.05) is 53.5 Å². The number of benzene rings is 3. The summed E-state index contributed by atoms with van der Waals surface area (Å²) >= 11 is 12.1. The van der Waals surface area contributed by atoms with Gasteiger partial charge in [-0.15, -0.1) is 10.2 Å². The van der Waals surface area contributed by atoms with Crippen molar-refractivity contribution in [2.24, 2.45) is 5.73 Å². The summed E-state index contributed by atoms with van der Waals surface area (Å²) in [6, 6.07) is 17.4. The van der Waals surface area contributed by atoms with E-state index in [4.69, 9.17) is 43.4 Å². The second kappa shape index (κ2) is 12.1. The number of nitrogens with zero attached hydrogens (tertiary/aromatic N) is 3. The van der Waals surface area contributed by atoms with Gasteiger partial charge in [-0.05, 0) is 42.8 Å². The standard InChI is InChI=1S/C33H25Cl2F2N5O4/c1-33(32(38)44)15-46-30-21(33)12-25(40-29(30)19-11-22(34)24(37)13-23(19)36)20(16-6-4-3-5-7-16)14-39-31(43)18-8-17-10-27(35)41-42-28(17)26(9-18)45-2/h3-13,20H,14-15H2,1-2H3,(H2,38,44)(H,39,43)/t20-,33-/m0/s1. The van der Waals surface area contributed by atoms with Gasteiger partial charge >= 0.3 is 0 Å². The average molecular weight is 664 g/mol. The molecule has 3 heterocycles. The molecular formula is C33H25Cl2F2N5O4. The Bertz CT molecular complexity index is 2030. The van der Waals surface area contributed by atoms with Crippen molar-refractivity contribution in [1.82, 2.24) is 20.5 Å². The topological polar surface area (TPSA) is 129 Å². The molecule has 0 spiro atoms. The van der Waals surface area contributed by atoms with E-state index < -0.39 is 34.8 Å². The number of amides is 2. The smallest absolute Gasteiger partial charge is 0.251 e. The van der Waals surface area contributed by atoms with Crippen molar-refractivity contribution in [3.8, 4) is 22.8 Å². The highest BCUT2D eigenvalue weighted by Gasteiger charge is 2.44. The molecule has 0 unspecified atom stereocenters.